The molecule has 2 aromatic rings. The molecule has 0 unspecified atom stereocenters. The summed E-state index contributed by atoms with van der Waals surface area (Å²) in [6.45, 7) is 5.02. The fraction of sp³-hybridized carbons (Fsp3) is 0.250. The predicted octanol–water partition coefficient (Wildman–Crippen LogP) is 4.99. The van der Waals surface area contributed by atoms with Crippen LogP contribution in [0.3, 0.4) is 0 Å². The van der Waals surface area contributed by atoms with Gasteiger partial charge in [-0.15, -0.1) is 0 Å². The van der Waals surface area contributed by atoms with E-state index in [0.717, 1.165) is 5.75 Å². The molecule has 0 amide bonds. The molecule has 0 saturated heterocycles. The number of rotatable bonds is 4. The zero-order valence-electron chi connectivity index (χ0n) is 10.7. The maximum absolute atomic E-state index is 5.94. The lowest BCUT2D eigenvalue weighted by Crippen LogP contribution is -2.00. The summed E-state index contributed by atoms with van der Waals surface area (Å²) < 4.78 is 7.19. The van der Waals surface area contributed by atoms with Crippen LogP contribution in [0.4, 0.5) is 0 Å². The monoisotopic (exact) mass is 352 g/mol. The Morgan fingerprint density at radius 3 is 2.44 bits per heavy atom. The van der Waals surface area contributed by atoms with Gasteiger partial charge in [0.05, 0.1) is 0 Å². The maximum Gasteiger partial charge on any atom is 0.123 e. The third kappa shape index (κ3) is 3.48. The van der Waals surface area contributed by atoms with Crippen LogP contribution in [0.1, 0.15) is 30.9 Å². The molecule has 0 atom stereocenters. The summed E-state index contributed by atoms with van der Waals surface area (Å²) in [6, 6.07) is 16.6. The molecule has 18 heavy (non-hydrogen) atoms. The molecule has 0 radical (unpaired) electrons. The largest absolute Gasteiger partial charge is 0.489 e. The molecule has 0 aliphatic carbocycles. The SMILES string of the molecule is CC(C)c1cc(I)ccc1OCc1ccccc1. The minimum Gasteiger partial charge on any atom is -0.489 e. The van der Waals surface area contributed by atoms with Crippen molar-refractivity contribution < 1.29 is 4.74 Å². The Kier molecular flexibility index (Phi) is 4.64. The molecule has 94 valence electrons. The van der Waals surface area contributed by atoms with Gasteiger partial charge in [-0.2, -0.15) is 0 Å². The van der Waals surface area contributed by atoms with Crippen molar-refractivity contribution in [1.82, 2.24) is 0 Å². The van der Waals surface area contributed by atoms with Crippen LogP contribution in [0, 0.1) is 3.57 Å². The fourth-order valence-electron chi connectivity index (χ4n) is 1.84. The van der Waals surface area contributed by atoms with Crippen LogP contribution in [-0.4, -0.2) is 0 Å². The third-order valence-corrected chi connectivity index (χ3v) is 3.50. The summed E-state index contributed by atoms with van der Waals surface area (Å²) >= 11 is 2.34. The first-order valence-electron chi connectivity index (χ1n) is 6.13. The lowest BCUT2D eigenvalue weighted by atomic mass is 10.0. The quantitative estimate of drug-likeness (QED) is 0.704. The molecule has 0 saturated carbocycles. The van der Waals surface area contributed by atoms with Crippen LogP contribution in [0.15, 0.2) is 48.5 Å². The molecule has 1 nitrogen and oxygen atoms in total. The van der Waals surface area contributed by atoms with Crippen molar-refractivity contribution in [3.05, 3.63) is 63.2 Å². The summed E-state index contributed by atoms with van der Waals surface area (Å²) in [5, 5.41) is 0. The summed E-state index contributed by atoms with van der Waals surface area (Å²) in [5.41, 5.74) is 2.48. The van der Waals surface area contributed by atoms with Crippen molar-refractivity contribution in [3.63, 3.8) is 0 Å². The van der Waals surface area contributed by atoms with E-state index in [-0.39, 0.29) is 0 Å². The minimum atomic E-state index is 0.477. The zero-order valence-corrected chi connectivity index (χ0v) is 12.8. The van der Waals surface area contributed by atoms with Crippen molar-refractivity contribution >= 4 is 22.6 Å². The van der Waals surface area contributed by atoms with Crippen LogP contribution in [0.2, 0.25) is 0 Å². The average molecular weight is 352 g/mol. The molecule has 0 aromatic heterocycles. The van der Waals surface area contributed by atoms with E-state index in [2.05, 4.69) is 66.8 Å². The number of halogens is 1. The number of hydrogen-bond donors (Lipinski definition) is 0. The van der Waals surface area contributed by atoms with Gasteiger partial charge >= 0.3 is 0 Å². The lowest BCUT2D eigenvalue weighted by molar-refractivity contribution is 0.301. The molecule has 0 spiro atoms. The van der Waals surface area contributed by atoms with Crippen LogP contribution in [0.5, 0.6) is 5.75 Å². The minimum absolute atomic E-state index is 0.477. The number of ether oxygens (including phenoxy) is 1. The number of hydrogen-bond acceptors (Lipinski definition) is 1. The van der Waals surface area contributed by atoms with Crippen LogP contribution < -0.4 is 4.74 Å². The van der Waals surface area contributed by atoms with Crippen molar-refractivity contribution in [2.24, 2.45) is 0 Å². The Morgan fingerprint density at radius 2 is 1.78 bits per heavy atom. The van der Waals surface area contributed by atoms with Gasteiger partial charge in [0.15, 0.2) is 0 Å². The second-order valence-electron chi connectivity index (χ2n) is 4.61. The first-order valence-corrected chi connectivity index (χ1v) is 7.21. The van der Waals surface area contributed by atoms with E-state index in [1.54, 1.807) is 0 Å². The first kappa shape index (κ1) is 13.4. The second kappa shape index (κ2) is 6.23. The van der Waals surface area contributed by atoms with E-state index < -0.39 is 0 Å². The van der Waals surface area contributed by atoms with Gasteiger partial charge in [0, 0.05) is 3.57 Å². The highest BCUT2D eigenvalue weighted by Crippen LogP contribution is 2.28. The molecular weight excluding hydrogens is 335 g/mol. The summed E-state index contributed by atoms with van der Waals surface area (Å²) in [5.74, 6) is 1.47. The number of benzene rings is 2. The Hall–Kier alpha value is -1.03. The van der Waals surface area contributed by atoms with E-state index in [1.165, 1.54) is 14.7 Å². The summed E-state index contributed by atoms with van der Waals surface area (Å²) in [7, 11) is 0. The molecule has 0 N–H and O–H groups in total. The maximum atomic E-state index is 5.94. The van der Waals surface area contributed by atoms with Crippen molar-refractivity contribution in [2.75, 3.05) is 0 Å². The van der Waals surface area contributed by atoms with Gasteiger partial charge in [-0.25, -0.2) is 0 Å². The van der Waals surface area contributed by atoms with E-state index in [9.17, 15) is 0 Å². The normalized spacial score (nSPS) is 10.7. The van der Waals surface area contributed by atoms with Gasteiger partial charge in [-0.3, -0.25) is 0 Å². The average Bonchev–Trinajstić information content (AvgIpc) is 2.38. The van der Waals surface area contributed by atoms with Gasteiger partial charge in [-0.05, 0) is 57.8 Å². The van der Waals surface area contributed by atoms with Crippen molar-refractivity contribution in [3.8, 4) is 5.75 Å². The first-order chi connectivity index (χ1) is 8.66. The van der Waals surface area contributed by atoms with Gasteiger partial charge in [0.25, 0.3) is 0 Å². The molecular formula is C16H17IO. The highest BCUT2D eigenvalue weighted by atomic mass is 127. The molecule has 0 aliphatic rings. The highest BCUT2D eigenvalue weighted by molar-refractivity contribution is 14.1. The zero-order chi connectivity index (χ0) is 13.0. The van der Waals surface area contributed by atoms with Crippen LogP contribution >= 0.6 is 22.6 Å². The second-order valence-corrected chi connectivity index (χ2v) is 5.86. The van der Waals surface area contributed by atoms with Gasteiger partial charge in [-0.1, -0.05) is 44.2 Å². The van der Waals surface area contributed by atoms with E-state index in [0.29, 0.717) is 12.5 Å². The smallest absolute Gasteiger partial charge is 0.123 e. The van der Waals surface area contributed by atoms with E-state index in [1.807, 2.05) is 18.2 Å². The molecule has 0 fully saturated rings. The Morgan fingerprint density at radius 1 is 1.06 bits per heavy atom. The Bertz CT molecular complexity index is 506. The molecule has 2 aromatic carbocycles. The van der Waals surface area contributed by atoms with Gasteiger partial charge in [0.1, 0.15) is 12.4 Å². The van der Waals surface area contributed by atoms with Crippen molar-refractivity contribution in [1.29, 1.82) is 0 Å². The van der Waals surface area contributed by atoms with E-state index in [4.69, 9.17) is 4.74 Å². The van der Waals surface area contributed by atoms with Crippen LogP contribution in [-0.2, 0) is 6.61 Å². The molecule has 2 rings (SSSR count). The summed E-state index contributed by atoms with van der Waals surface area (Å²) in [6.07, 6.45) is 0. The topological polar surface area (TPSA) is 9.23 Å². The molecule has 0 aliphatic heterocycles. The Balaban J connectivity index is 2.14. The third-order valence-electron chi connectivity index (χ3n) is 2.83. The lowest BCUT2D eigenvalue weighted by Gasteiger charge is -2.14. The fourth-order valence-corrected chi connectivity index (χ4v) is 2.35. The molecule has 0 bridgehead atoms. The van der Waals surface area contributed by atoms with Crippen LogP contribution in [0.25, 0.3) is 0 Å². The summed E-state index contributed by atoms with van der Waals surface area (Å²) in [4.78, 5) is 0. The molecule has 2 heteroatoms. The highest BCUT2D eigenvalue weighted by Gasteiger charge is 2.08. The van der Waals surface area contributed by atoms with E-state index >= 15 is 0 Å². The standard InChI is InChI=1S/C16H17IO/c1-12(2)15-10-14(17)8-9-16(15)18-11-13-6-4-3-5-7-13/h3-10,12H,11H2,1-2H3. The predicted molar refractivity (Wildman–Crippen MR) is 84.0 cm³/mol. The molecule has 0 heterocycles. The van der Waals surface area contributed by atoms with Gasteiger partial charge in [0.2, 0.25) is 0 Å². The van der Waals surface area contributed by atoms with Crippen molar-refractivity contribution in [2.45, 2.75) is 26.4 Å². The Labute approximate surface area is 122 Å². The van der Waals surface area contributed by atoms with Gasteiger partial charge < -0.3 is 4.74 Å².